The summed E-state index contributed by atoms with van der Waals surface area (Å²) in [6, 6.07) is 41.3. The number of benzene rings is 5. The molecule has 51 heavy (non-hydrogen) atoms. The molecule has 0 heterocycles. The molecule has 0 amide bonds. The third-order valence-electron chi connectivity index (χ3n) is 9.32. The first-order valence-electron chi connectivity index (χ1n) is 17.7. The molecule has 2 heteroatoms. The van der Waals surface area contributed by atoms with Gasteiger partial charge in [-0.2, -0.15) is 0 Å². The van der Waals surface area contributed by atoms with E-state index < -0.39 is 0 Å². The Morgan fingerprint density at radius 3 is 2.06 bits per heavy atom. The monoisotopic (exact) mass is 683 g/mol. The van der Waals surface area contributed by atoms with Gasteiger partial charge in [-0.15, -0.1) is 0 Å². The molecule has 0 fully saturated rings. The fourth-order valence-electron chi connectivity index (χ4n) is 6.51. The first-order valence-corrected chi connectivity index (χ1v) is 18.6. The minimum Gasteiger partial charge on any atom is -0.310 e. The lowest BCUT2D eigenvalue weighted by atomic mass is 9.89. The summed E-state index contributed by atoms with van der Waals surface area (Å²) in [5.41, 5.74) is 15.7. The second-order valence-corrected chi connectivity index (χ2v) is 13.6. The van der Waals surface area contributed by atoms with Crippen LogP contribution >= 0.6 is 11.8 Å². The lowest BCUT2D eigenvalue weighted by Gasteiger charge is -2.32. The van der Waals surface area contributed by atoms with Gasteiger partial charge in [0.1, 0.15) is 0 Å². The van der Waals surface area contributed by atoms with E-state index in [4.69, 9.17) is 0 Å². The summed E-state index contributed by atoms with van der Waals surface area (Å²) in [5.74, 6) is 0. The van der Waals surface area contributed by atoms with Crippen molar-refractivity contribution in [1.29, 1.82) is 0 Å². The highest BCUT2D eigenvalue weighted by Gasteiger charge is 2.21. The normalized spacial score (nSPS) is 12.3. The van der Waals surface area contributed by atoms with Crippen LogP contribution in [0.4, 0.5) is 11.4 Å². The van der Waals surface area contributed by atoms with Crippen LogP contribution in [0.25, 0.3) is 27.8 Å². The smallest absolute Gasteiger partial charge is 0.0531 e. The molecule has 256 valence electrons. The standard InChI is InChI=1S/C49H49NS/c1-8-12-21-39(10-3)44-26-19-27-45(42-24-17-14-18-25-42)46(44)28-20-29-47(36(5)9-2)50(49-37(6)30-35-48(38(49)7)51-11-4)43-33-31-41(32-34-43)40-22-15-13-16-23-40/h8,10-27,29-35H,3-4,9,28H2,1-2,5-7H3/b12-8-,29-20-,39-21+,47-36+. The lowest BCUT2D eigenvalue weighted by molar-refractivity contribution is 1.02. The summed E-state index contributed by atoms with van der Waals surface area (Å²) in [7, 11) is 0. The van der Waals surface area contributed by atoms with Crippen molar-refractivity contribution in [2.45, 2.75) is 52.4 Å². The summed E-state index contributed by atoms with van der Waals surface area (Å²) in [6.07, 6.45) is 14.6. The highest BCUT2D eigenvalue weighted by Crippen LogP contribution is 2.41. The number of hydrogen-bond donors (Lipinski definition) is 0. The highest BCUT2D eigenvalue weighted by molar-refractivity contribution is 8.02. The van der Waals surface area contributed by atoms with E-state index in [1.165, 1.54) is 66.4 Å². The van der Waals surface area contributed by atoms with Crippen LogP contribution < -0.4 is 4.90 Å². The van der Waals surface area contributed by atoms with Crippen molar-refractivity contribution in [3.63, 3.8) is 0 Å². The fourth-order valence-corrected chi connectivity index (χ4v) is 7.11. The molecule has 5 aromatic carbocycles. The molecule has 0 saturated carbocycles. The van der Waals surface area contributed by atoms with E-state index in [1.54, 1.807) is 11.8 Å². The van der Waals surface area contributed by atoms with E-state index in [2.05, 4.69) is 191 Å². The van der Waals surface area contributed by atoms with Gasteiger partial charge in [0.05, 0.1) is 5.69 Å². The Kier molecular flexibility index (Phi) is 13.1. The fraction of sp³-hybridized carbons (Fsp3) is 0.143. The minimum atomic E-state index is 0.757. The number of allylic oxidation sites excluding steroid dienone is 8. The van der Waals surface area contributed by atoms with E-state index in [0.29, 0.717) is 0 Å². The summed E-state index contributed by atoms with van der Waals surface area (Å²) < 4.78 is 0. The van der Waals surface area contributed by atoms with Crippen LogP contribution in [0, 0.1) is 13.8 Å². The predicted octanol–water partition coefficient (Wildman–Crippen LogP) is 14.6. The Balaban J connectivity index is 1.68. The van der Waals surface area contributed by atoms with Crippen molar-refractivity contribution in [3.8, 4) is 22.3 Å². The number of aryl methyl sites for hydroxylation is 1. The van der Waals surface area contributed by atoms with Crippen molar-refractivity contribution in [3.05, 3.63) is 204 Å². The van der Waals surface area contributed by atoms with Gasteiger partial charge in [-0.1, -0.05) is 159 Å². The third kappa shape index (κ3) is 8.71. The Hall–Kier alpha value is -5.31. The molecule has 0 aliphatic heterocycles. The average Bonchev–Trinajstić information content (AvgIpc) is 3.17. The van der Waals surface area contributed by atoms with Crippen LogP contribution in [0.3, 0.4) is 0 Å². The largest absolute Gasteiger partial charge is 0.310 e. The van der Waals surface area contributed by atoms with Crippen LogP contribution in [0.2, 0.25) is 0 Å². The molecule has 5 rings (SSSR count). The molecule has 0 spiro atoms. The maximum atomic E-state index is 4.19. The Bertz CT molecular complexity index is 2080. The van der Waals surface area contributed by atoms with Gasteiger partial charge in [-0.05, 0) is 126 Å². The summed E-state index contributed by atoms with van der Waals surface area (Å²) >= 11 is 1.67. The second-order valence-electron chi connectivity index (χ2n) is 12.6. The molecule has 0 radical (unpaired) electrons. The first kappa shape index (κ1) is 37.0. The Labute approximate surface area is 310 Å². The number of nitrogens with zero attached hydrogens (tertiary/aromatic N) is 1. The summed E-state index contributed by atoms with van der Waals surface area (Å²) in [5, 5.41) is 1.92. The minimum absolute atomic E-state index is 0.757. The molecule has 0 aliphatic rings. The zero-order valence-corrected chi connectivity index (χ0v) is 31.5. The quantitative estimate of drug-likeness (QED) is 0.0846. The molecule has 0 aromatic heterocycles. The van der Waals surface area contributed by atoms with Crippen LogP contribution in [0.5, 0.6) is 0 Å². The molecule has 0 bridgehead atoms. The number of thioether (sulfide) groups is 1. The molecule has 1 nitrogen and oxygen atoms in total. The Morgan fingerprint density at radius 2 is 1.43 bits per heavy atom. The van der Waals surface area contributed by atoms with Crippen molar-refractivity contribution in [1.82, 2.24) is 0 Å². The molecular weight excluding hydrogens is 635 g/mol. The maximum absolute atomic E-state index is 4.19. The third-order valence-corrected chi connectivity index (χ3v) is 10.2. The molecule has 5 aromatic rings. The van der Waals surface area contributed by atoms with E-state index in [-0.39, 0.29) is 0 Å². The average molecular weight is 684 g/mol. The van der Waals surface area contributed by atoms with Crippen molar-refractivity contribution in [2.24, 2.45) is 0 Å². The van der Waals surface area contributed by atoms with E-state index in [9.17, 15) is 0 Å². The summed E-state index contributed by atoms with van der Waals surface area (Å²) in [4.78, 5) is 3.67. The van der Waals surface area contributed by atoms with Gasteiger partial charge in [-0.25, -0.2) is 0 Å². The lowest BCUT2D eigenvalue weighted by Crippen LogP contribution is -2.19. The van der Waals surface area contributed by atoms with Gasteiger partial charge in [0.25, 0.3) is 0 Å². The van der Waals surface area contributed by atoms with Crippen LogP contribution in [0.1, 0.15) is 49.4 Å². The number of anilines is 2. The molecule has 0 unspecified atom stereocenters. The van der Waals surface area contributed by atoms with Gasteiger partial charge in [0.2, 0.25) is 0 Å². The topological polar surface area (TPSA) is 3.24 Å². The highest BCUT2D eigenvalue weighted by atomic mass is 32.2. The molecular formula is C49H49NS. The van der Waals surface area contributed by atoms with Crippen molar-refractivity contribution in [2.75, 3.05) is 4.90 Å². The van der Waals surface area contributed by atoms with Crippen LogP contribution in [0.15, 0.2) is 186 Å². The zero-order valence-electron chi connectivity index (χ0n) is 30.7. The zero-order chi connectivity index (χ0) is 36.2. The van der Waals surface area contributed by atoms with Gasteiger partial charge < -0.3 is 4.90 Å². The van der Waals surface area contributed by atoms with Crippen molar-refractivity contribution >= 4 is 28.7 Å². The van der Waals surface area contributed by atoms with Gasteiger partial charge in [0.15, 0.2) is 0 Å². The predicted molar refractivity (Wildman–Crippen MR) is 227 cm³/mol. The Morgan fingerprint density at radius 1 is 0.765 bits per heavy atom. The molecule has 0 saturated heterocycles. The van der Waals surface area contributed by atoms with Gasteiger partial charge >= 0.3 is 0 Å². The van der Waals surface area contributed by atoms with Crippen molar-refractivity contribution < 1.29 is 0 Å². The van der Waals surface area contributed by atoms with Gasteiger partial charge in [-0.3, -0.25) is 0 Å². The van der Waals surface area contributed by atoms with E-state index in [0.717, 1.165) is 24.1 Å². The molecule has 0 aliphatic carbocycles. The number of hydrogen-bond acceptors (Lipinski definition) is 2. The summed E-state index contributed by atoms with van der Waals surface area (Å²) in [6.45, 7) is 19.2. The maximum Gasteiger partial charge on any atom is 0.0531 e. The SMILES string of the molecule is C=CSc1ccc(C)c(N(C(/C=C\Cc2c(/C(C=C)=C/C=C\C)cccc2-c2ccccc2)=C(\C)CC)c2ccc(-c3ccccc3)cc2)c1C. The second kappa shape index (κ2) is 18.1. The molecule has 0 N–H and O–H groups in total. The van der Waals surface area contributed by atoms with Crippen LogP contribution in [-0.4, -0.2) is 0 Å². The van der Waals surface area contributed by atoms with E-state index in [1.807, 2.05) is 18.4 Å². The molecule has 0 atom stereocenters. The van der Waals surface area contributed by atoms with E-state index >= 15 is 0 Å². The van der Waals surface area contributed by atoms with Gasteiger partial charge in [0, 0.05) is 16.3 Å². The first-order chi connectivity index (χ1) is 24.9. The van der Waals surface area contributed by atoms with Crippen LogP contribution in [-0.2, 0) is 6.42 Å². The number of rotatable bonds is 14.